The fourth-order valence-corrected chi connectivity index (χ4v) is 2.09. The molecule has 0 aliphatic heterocycles. The van der Waals surface area contributed by atoms with Crippen LogP contribution in [0, 0.1) is 17.0 Å². The Labute approximate surface area is 118 Å². The molecular formula is C16H18N2O2. The Hall–Kier alpha value is -2.36. The number of benzene rings is 2. The number of aryl methyl sites for hydroxylation is 1. The second kappa shape index (κ2) is 6.19. The van der Waals surface area contributed by atoms with Crippen molar-refractivity contribution in [1.29, 1.82) is 0 Å². The Kier molecular flexibility index (Phi) is 4.35. The largest absolute Gasteiger partial charge is 0.372 e. The second-order valence-electron chi connectivity index (χ2n) is 4.92. The lowest BCUT2D eigenvalue weighted by molar-refractivity contribution is -0.521. The average Bonchev–Trinajstić information content (AvgIpc) is 2.46. The van der Waals surface area contributed by atoms with Crippen LogP contribution in [0.5, 0.6) is 0 Å². The highest BCUT2D eigenvalue weighted by Gasteiger charge is 2.27. The van der Waals surface area contributed by atoms with Crippen molar-refractivity contribution in [3.8, 4) is 0 Å². The molecule has 0 heterocycles. The first-order chi connectivity index (χ1) is 9.58. The summed E-state index contributed by atoms with van der Waals surface area (Å²) in [5, 5.41) is 14.4. The van der Waals surface area contributed by atoms with Gasteiger partial charge in [-0.1, -0.05) is 48.0 Å². The van der Waals surface area contributed by atoms with Crippen molar-refractivity contribution < 1.29 is 4.92 Å². The maximum atomic E-state index is 11.1. The normalized spacial score (nSPS) is 13.5. The molecule has 104 valence electrons. The zero-order valence-electron chi connectivity index (χ0n) is 11.6. The van der Waals surface area contributed by atoms with Gasteiger partial charge in [0.25, 0.3) is 0 Å². The minimum absolute atomic E-state index is 0.250. The van der Waals surface area contributed by atoms with Gasteiger partial charge in [-0.05, 0) is 24.6 Å². The average molecular weight is 270 g/mol. The van der Waals surface area contributed by atoms with E-state index in [9.17, 15) is 10.1 Å². The van der Waals surface area contributed by atoms with Crippen LogP contribution in [-0.2, 0) is 0 Å². The van der Waals surface area contributed by atoms with Crippen LogP contribution in [0.2, 0.25) is 0 Å². The lowest BCUT2D eigenvalue weighted by Gasteiger charge is -2.21. The molecule has 0 spiro atoms. The van der Waals surface area contributed by atoms with Crippen molar-refractivity contribution in [2.45, 2.75) is 25.9 Å². The summed E-state index contributed by atoms with van der Waals surface area (Å²) in [4.78, 5) is 10.9. The molecule has 0 radical (unpaired) electrons. The SMILES string of the molecule is Cc1ccc([C@@H](Nc2ccccc2)[C@@H](C)[N+](=O)[O-])cc1. The zero-order valence-corrected chi connectivity index (χ0v) is 11.6. The van der Waals surface area contributed by atoms with Gasteiger partial charge in [0, 0.05) is 17.5 Å². The fourth-order valence-electron chi connectivity index (χ4n) is 2.09. The van der Waals surface area contributed by atoms with Crippen LogP contribution in [0.4, 0.5) is 5.69 Å². The molecule has 2 aromatic carbocycles. The van der Waals surface area contributed by atoms with E-state index in [-0.39, 0.29) is 11.0 Å². The van der Waals surface area contributed by atoms with Crippen molar-refractivity contribution in [1.82, 2.24) is 0 Å². The Bertz CT molecular complexity index is 567. The van der Waals surface area contributed by atoms with Crippen LogP contribution >= 0.6 is 0 Å². The summed E-state index contributed by atoms with van der Waals surface area (Å²) in [5.74, 6) is 0. The van der Waals surface area contributed by atoms with E-state index < -0.39 is 6.04 Å². The molecular weight excluding hydrogens is 252 g/mol. The van der Waals surface area contributed by atoms with Gasteiger partial charge in [0.05, 0.1) is 0 Å². The molecule has 0 fully saturated rings. The standard InChI is InChI=1S/C16H18N2O2/c1-12-8-10-14(11-9-12)16(13(2)18(19)20)17-15-6-4-3-5-7-15/h3-11,13,16-17H,1-2H3/t13-,16+/m1/s1. The molecule has 4 heteroatoms. The molecule has 1 N–H and O–H groups in total. The first-order valence-corrected chi connectivity index (χ1v) is 6.59. The van der Waals surface area contributed by atoms with Gasteiger partial charge >= 0.3 is 0 Å². The van der Waals surface area contributed by atoms with E-state index in [1.807, 2.05) is 61.5 Å². The molecule has 0 unspecified atom stereocenters. The predicted molar refractivity (Wildman–Crippen MR) is 80.4 cm³/mol. The van der Waals surface area contributed by atoms with Crippen molar-refractivity contribution in [3.05, 3.63) is 75.8 Å². The van der Waals surface area contributed by atoms with Gasteiger partial charge in [-0.2, -0.15) is 0 Å². The van der Waals surface area contributed by atoms with Crippen molar-refractivity contribution in [3.63, 3.8) is 0 Å². The molecule has 0 bridgehead atoms. The molecule has 0 amide bonds. The van der Waals surface area contributed by atoms with E-state index in [0.29, 0.717) is 0 Å². The number of rotatable bonds is 5. The maximum absolute atomic E-state index is 11.1. The first-order valence-electron chi connectivity index (χ1n) is 6.59. The molecule has 0 aromatic heterocycles. The monoisotopic (exact) mass is 270 g/mol. The Balaban J connectivity index is 2.29. The van der Waals surface area contributed by atoms with E-state index >= 15 is 0 Å². The molecule has 2 aromatic rings. The summed E-state index contributed by atoms with van der Waals surface area (Å²) >= 11 is 0. The minimum atomic E-state index is -0.710. The van der Waals surface area contributed by atoms with Gasteiger partial charge in [0.2, 0.25) is 6.04 Å². The van der Waals surface area contributed by atoms with Gasteiger partial charge in [0.1, 0.15) is 6.04 Å². The minimum Gasteiger partial charge on any atom is -0.372 e. The molecule has 0 aliphatic carbocycles. The zero-order chi connectivity index (χ0) is 14.5. The number of nitrogens with one attached hydrogen (secondary N) is 1. The fraction of sp³-hybridized carbons (Fsp3) is 0.250. The van der Waals surface area contributed by atoms with Crippen molar-refractivity contribution >= 4 is 5.69 Å². The van der Waals surface area contributed by atoms with E-state index in [1.165, 1.54) is 0 Å². The molecule has 0 aliphatic rings. The molecule has 2 rings (SSSR count). The summed E-state index contributed by atoms with van der Waals surface area (Å²) < 4.78 is 0. The Morgan fingerprint density at radius 2 is 1.65 bits per heavy atom. The van der Waals surface area contributed by atoms with Crippen LogP contribution in [-0.4, -0.2) is 11.0 Å². The highest BCUT2D eigenvalue weighted by Crippen LogP contribution is 2.24. The number of hydrogen-bond donors (Lipinski definition) is 1. The van der Waals surface area contributed by atoms with E-state index in [1.54, 1.807) is 6.92 Å². The molecule has 0 saturated heterocycles. The lowest BCUT2D eigenvalue weighted by atomic mass is 9.99. The third kappa shape index (κ3) is 3.35. The molecule has 2 atom stereocenters. The van der Waals surface area contributed by atoms with E-state index in [4.69, 9.17) is 0 Å². The number of nitrogens with zero attached hydrogens (tertiary/aromatic N) is 1. The molecule has 0 saturated carbocycles. The Morgan fingerprint density at radius 3 is 2.20 bits per heavy atom. The molecule has 20 heavy (non-hydrogen) atoms. The predicted octanol–water partition coefficient (Wildman–Crippen LogP) is 3.81. The number of hydrogen-bond acceptors (Lipinski definition) is 3. The van der Waals surface area contributed by atoms with Crippen LogP contribution in [0.3, 0.4) is 0 Å². The van der Waals surface area contributed by atoms with Crippen LogP contribution in [0.1, 0.15) is 24.1 Å². The summed E-state index contributed by atoms with van der Waals surface area (Å²) in [6.45, 7) is 3.63. The highest BCUT2D eigenvalue weighted by atomic mass is 16.6. The topological polar surface area (TPSA) is 55.2 Å². The third-order valence-electron chi connectivity index (χ3n) is 3.35. The van der Waals surface area contributed by atoms with Crippen LogP contribution in [0.15, 0.2) is 54.6 Å². The maximum Gasteiger partial charge on any atom is 0.234 e. The summed E-state index contributed by atoms with van der Waals surface area (Å²) in [7, 11) is 0. The smallest absolute Gasteiger partial charge is 0.234 e. The van der Waals surface area contributed by atoms with Crippen molar-refractivity contribution in [2.24, 2.45) is 0 Å². The third-order valence-corrected chi connectivity index (χ3v) is 3.35. The second-order valence-corrected chi connectivity index (χ2v) is 4.92. The van der Waals surface area contributed by atoms with Gasteiger partial charge in [-0.25, -0.2) is 0 Å². The molecule has 4 nitrogen and oxygen atoms in total. The number of nitro groups is 1. The highest BCUT2D eigenvalue weighted by molar-refractivity contribution is 5.45. The number of para-hydroxylation sites is 1. The summed E-state index contributed by atoms with van der Waals surface area (Å²) in [5.41, 5.74) is 2.94. The van der Waals surface area contributed by atoms with Gasteiger partial charge in [-0.3, -0.25) is 10.1 Å². The summed E-state index contributed by atoms with van der Waals surface area (Å²) in [6.07, 6.45) is 0. The van der Waals surface area contributed by atoms with Gasteiger partial charge in [-0.15, -0.1) is 0 Å². The quantitative estimate of drug-likeness (QED) is 0.664. The van der Waals surface area contributed by atoms with E-state index in [2.05, 4.69) is 5.32 Å². The van der Waals surface area contributed by atoms with Crippen LogP contribution < -0.4 is 5.32 Å². The summed E-state index contributed by atoms with van der Waals surface area (Å²) in [6, 6.07) is 16.3. The van der Waals surface area contributed by atoms with E-state index in [0.717, 1.165) is 16.8 Å². The number of anilines is 1. The lowest BCUT2D eigenvalue weighted by Crippen LogP contribution is -2.29. The Morgan fingerprint density at radius 1 is 1.05 bits per heavy atom. The van der Waals surface area contributed by atoms with Crippen LogP contribution in [0.25, 0.3) is 0 Å². The van der Waals surface area contributed by atoms with Crippen molar-refractivity contribution in [2.75, 3.05) is 5.32 Å². The van der Waals surface area contributed by atoms with Gasteiger partial charge in [0.15, 0.2) is 0 Å². The first kappa shape index (κ1) is 14.1. The van der Waals surface area contributed by atoms with Gasteiger partial charge < -0.3 is 5.32 Å².